The summed E-state index contributed by atoms with van der Waals surface area (Å²) in [6.07, 6.45) is 3.74. The Morgan fingerprint density at radius 1 is 1.21 bits per heavy atom. The van der Waals surface area contributed by atoms with Crippen LogP contribution in [0.5, 0.6) is 0 Å². The van der Waals surface area contributed by atoms with Crippen molar-refractivity contribution in [1.82, 2.24) is 10.2 Å². The molecule has 1 saturated heterocycles. The van der Waals surface area contributed by atoms with Gasteiger partial charge in [-0.05, 0) is 18.4 Å². The number of hydrogen-bond acceptors (Lipinski definition) is 4. The second-order valence-corrected chi connectivity index (χ2v) is 6.99. The first-order valence-corrected chi connectivity index (χ1v) is 9.02. The lowest BCUT2D eigenvalue weighted by Gasteiger charge is -2.35. The Morgan fingerprint density at radius 2 is 1.88 bits per heavy atom. The van der Waals surface area contributed by atoms with Crippen molar-refractivity contribution in [2.24, 2.45) is 0 Å². The largest absolute Gasteiger partial charge is 0.389 e. The number of nitrogens with one attached hydrogen (secondary N) is 1. The molecular formula is C19H28N2O3. The van der Waals surface area contributed by atoms with Crippen LogP contribution in [0.15, 0.2) is 30.3 Å². The molecule has 0 bridgehead atoms. The maximum atomic E-state index is 12.3. The van der Waals surface area contributed by atoms with E-state index >= 15 is 0 Å². The fraction of sp³-hybridized carbons (Fsp3) is 0.632. The monoisotopic (exact) mass is 332 g/mol. The minimum atomic E-state index is -0.786. The normalized spacial score (nSPS) is 22.2. The van der Waals surface area contributed by atoms with Gasteiger partial charge in [-0.15, -0.1) is 0 Å². The van der Waals surface area contributed by atoms with E-state index in [1.807, 2.05) is 18.2 Å². The number of amides is 1. The van der Waals surface area contributed by atoms with Crippen LogP contribution >= 0.6 is 0 Å². The van der Waals surface area contributed by atoms with Crippen molar-refractivity contribution >= 4 is 5.91 Å². The Kier molecular flexibility index (Phi) is 5.87. The predicted octanol–water partition coefficient (Wildman–Crippen LogP) is 1.87. The number of rotatable bonds is 6. The highest BCUT2D eigenvalue weighted by Crippen LogP contribution is 2.32. The number of hydrogen-bond donors (Lipinski definition) is 2. The van der Waals surface area contributed by atoms with Crippen LogP contribution in [0.2, 0.25) is 0 Å². The van der Waals surface area contributed by atoms with Crippen molar-refractivity contribution < 1.29 is 14.6 Å². The molecule has 1 atom stereocenters. The average molecular weight is 332 g/mol. The van der Waals surface area contributed by atoms with E-state index in [0.717, 1.165) is 52.0 Å². The van der Waals surface area contributed by atoms with Gasteiger partial charge in [-0.1, -0.05) is 43.2 Å². The zero-order valence-corrected chi connectivity index (χ0v) is 14.2. The molecule has 132 valence electrons. The minimum absolute atomic E-state index is 0.0476. The molecule has 1 amide bonds. The lowest BCUT2D eigenvalue weighted by atomic mass is 9.97. The number of morpholine rings is 1. The molecule has 1 aromatic rings. The summed E-state index contributed by atoms with van der Waals surface area (Å²) >= 11 is 0. The molecule has 1 heterocycles. The number of aliphatic hydroxyl groups is 1. The minimum Gasteiger partial charge on any atom is -0.389 e. The highest BCUT2D eigenvalue weighted by Gasteiger charge is 2.33. The zero-order chi connectivity index (χ0) is 16.8. The smallest absolute Gasteiger partial charge is 0.222 e. The van der Waals surface area contributed by atoms with Crippen LogP contribution in [0.25, 0.3) is 0 Å². The van der Waals surface area contributed by atoms with E-state index in [9.17, 15) is 9.90 Å². The van der Waals surface area contributed by atoms with Gasteiger partial charge in [0.15, 0.2) is 0 Å². The zero-order valence-electron chi connectivity index (χ0n) is 14.2. The third kappa shape index (κ3) is 4.56. The van der Waals surface area contributed by atoms with E-state index in [0.29, 0.717) is 6.54 Å². The number of ether oxygens (including phenoxy) is 1. The first-order valence-electron chi connectivity index (χ1n) is 9.02. The third-order valence-corrected chi connectivity index (χ3v) is 5.19. The van der Waals surface area contributed by atoms with Crippen LogP contribution in [0.4, 0.5) is 0 Å². The maximum Gasteiger partial charge on any atom is 0.222 e. The number of benzene rings is 1. The molecule has 2 aliphatic rings. The average Bonchev–Trinajstić information content (AvgIpc) is 3.03. The van der Waals surface area contributed by atoms with E-state index in [1.165, 1.54) is 5.56 Å². The molecule has 24 heavy (non-hydrogen) atoms. The third-order valence-electron chi connectivity index (χ3n) is 5.19. The molecule has 1 unspecified atom stereocenters. The van der Waals surface area contributed by atoms with Crippen molar-refractivity contribution in [1.29, 1.82) is 0 Å². The fourth-order valence-electron chi connectivity index (χ4n) is 3.80. The van der Waals surface area contributed by atoms with E-state index in [-0.39, 0.29) is 18.4 Å². The summed E-state index contributed by atoms with van der Waals surface area (Å²) < 4.78 is 5.45. The summed E-state index contributed by atoms with van der Waals surface area (Å²) in [7, 11) is 0. The molecule has 1 aromatic carbocycles. The summed E-state index contributed by atoms with van der Waals surface area (Å²) in [5.74, 6) is -0.0476. The van der Waals surface area contributed by atoms with Crippen LogP contribution in [-0.4, -0.2) is 54.4 Å². The summed E-state index contributed by atoms with van der Waals surface area (Å²) in [6.45, 7) is 3.78. The fourth-order valence-corrected chi connectivity index (χ4v) is 3.80. The van der Waals surface area contributed by atoms with Gasteiger partial charge >= 0.3 is 0 Å². The van der Waals surface area contributed by atoms with Gasteiger partial charge in [0.05, 0.1) is 31.3 Å². The van der Waals surface area contributed by atoms with Gasteiger partial charge < -0.3 is 15.2 Å². The molecule has 3 rings (SSSR count). The molecule has 2 N–H and O–H groups in total. The molecule has 5 nitrogen and oxygen atoms in total. The van der Waals surface area contributed by atoms with Crippen LogP contribution in [0.3, 0.4) is 0 Å². The van der Waals surface area contributed by atoms with Crippen molar-refractivity contribution in [2.45, 2.75) is 43.7 Å². The molecule has 0 aromatic heterocycles. The standard InChI is InChI=1S/C19H28N2O3/c22-18(14-19(23)8-4-5-9-19)20-15-17(16-6-2-1-3-7-16)21-10-12-24-13-11-21/h1-3,6-7,17,23H,4-5,8-15H2,(H,20,22). The second kappa shape index (κ2) is 8.10. The van der Waals surface area contributed by atoms with Crippen LogP contribution in [0.1, 0.15) is 43.7 Å². The number of carbonyl (C=O) groups is 1. The van der Waals surface area contributed by atoms with Crippen LogP contribution < -0.4 is 5.32 Å². The molecular weight excluding hydrogens is 304 g/mol. The van der Waals surface area contributed by atoms with Crippen molar-refractivity contribution in [3.05, 3.63) is 35.9 Å². The summed E-state index contributed by atoms with van der Waals surface area (Å²) in [5, 5.41) is 13.5. The van der Waals surface area contributed by atoms with E-state index < -0.39 is 5.60 Å². The molecule has 5 heteroatoms. The lowest BCUT2D eigenvalue weighted by Crippen LogP contribution is -2.44. The Bertz CT molecular complexity index is 523. The SMILES string of the molecule is O=C(CC1(O)CCCC1)NCC(c1ccccc1)N1CCOCC1. The van der Waals surface area contributed by atoms with Crippen LogP contribution in [0, 0.1) is 0 Å². The summed E-state index contributed by atoms with van der Waals surface area (Å²) in [5.41, 5.74) is 0.421. The van der Waals surface area contributed by atoms with Gasteiger partial charge in [-0.25, -0.2) is 0 Å². The van der Waals surface area contributed by atoms with Crippen LogP contribution in [-0.2, 0) is 9.53 Å². The number of carbonyl (C=O) groups excluding carboxylic acids is 1. The molecule has 1 saturated carbocycles. The van der Waals surface area contributed by atoms with Crippen molar-refractivity contribution in [3.8, 4) is 0 Å². The predicted molar refractivity (Wildman–Crippen MR) is 92.6 cm³/mol. The van der Waals surface area contributed by atoms with Gasteiger partial charge in [0.1, 0.15) is 0 Å². The van der Waals surface area contributed by atoms with Crippen molar-refractivity contribution in [3.63, 3.8) is 0 Å². The highest BCUT2D eigenvalue weighted by atomic mass is 16.5. The first kappa shape index (κ1) is 17.4. The molecule has 2 fully saturated rings. The Balaban J connectivity index is 1.60. The second-order valence-electron chi connectivity index (χ2n) is 6.99. The highest BCUT2D eigenvalue weighted by molar-refractivity contribution is 5.77. The Morgan fingerprint density at radius 3 is 2.54 bits per heavy atom. The van der Waals surface area contributed by atoms with Gasteiger partial charge in [-0.3, -0.25) is 9.69 Å². The van der Waals surface area contributed by atoms with Gasteiger partial charge in [0, 0.05) is 19.6 Å². The van der Waals surface area contributed by atoms with Crippen molar-refractivity contribution in [2.75, 3.05) is 32.8 Å². The first-order chi connectivity index (χ1) is 11.7. The lowest BCUT2D eigenvalue weighted by molar-refractivity contribution is -0.126. The van der Waals surface area contributed by atoms with E-state index in [4.69, 9.17) is 4.74 Å². The summed E-state index contributed by atoms with van der Waals surface area (Å²) in [6, 6.07) is 10.4. The van der Waals surface area contributed by atoms with Gasteiger partial charge in [0.2, 0.25) is 5.91 Å². The quantitative estimate of drug-likeness (QED) is 0.835. The molecule has 1 aliphatic carbocycles. The summed E-state index contributed by atoms with van der Waals surface area (Å²) in [4.78, 5) is 14.7. The molecule has 0 spiro atoms. The van der Waals surface area contributed by atoms with Gasteiger partial charge in [-0.2, -0.15) is 0 Å². The Labute approximate surface area is 144 Å². The van der Waals surface area contributed by atoms with Gasteiger partial charge in [0.25, 0.3) is 0 Å². The molecule has 0 radical (unpaired) electrons. The molecule has 1 aliphatic heterocycles. The maximum absolute atomic E-state index is 12.3. The van der Waals surface area contributed by atoms with E-state index in [1.54, 1.807) is 0 Å². The topological polar surface area (TPSA) is 61.8 Å². The van der Waals surface area contributed by atoms with E-state index in [2.05, 4.69) is 22.3 Å². The number of nitrogens with zero attached hydrogens (tertiary/aromatic N) is 1. The Hall–Kier alpha value is -1.43.